The van der Waals surface area contributed by atoms with Crippen LogP contribution in [0.3, 0.4) is 0 Å². The fourth-order valence-corrected chi connectivity index (χ4v) is 3.18. The molecule has 0 bridgehead atoms. The Balaban J connectivity index is 2.20. The molecule has 4 nitrogen and oxygen atoms in total. The first-order valence-electron chi connectivity index (χ1n) is 7.84. The lowest BCUT2D eigenvalue weighted by molar-refractivity contribution is 0.470. The molecular formula is C18H22O4S. The van der Waals surface area contributed by atoms with E-state index in [0.29, 0.717) is 23.5 Å². The van der Waals surface area contributed by atoms with E-state index in [4.69, 9.17) is 4.74 Å². The van der Waals surface area contributed by atoms with Gasteiger partial charge in [-0.1, -0.05) is 50.5 Å². The molecule has 0 aliphatic rings. The van der Waals surface area contributed by atoms with Crippen molar-refractivity contribution in [3.8, 4) is 11.5 Å². The minimum atomic E-state index is -4.27. The lowest BCUT2D eigenvalue weighted by Gasteiger charge is -2.11. The second kappa shape index (κ2) is 8.13. The molecule has 23 heavy (non-hydrogen) atoms. The van der Waals surface area contributed by atoms with Gasteiger partial charge in [0.15, 0.2) is 0 Å². The summed E-state index contributed by atoms with van der Waals surface area (Å²) in [6, 6.07) is 13.9. The van der Waals surface area contributed by atoms with Crippen LogP contribution in [0.25, 0.3) is 0 Å². The summed E-state index contributed by atoms with van der Waals surface area (Å²) >= 11 is 0. The highest BCUT2D eigenvalue weighted by Crippen LogP contribution is 2.27. The molecule has 0 aliphatic heterocycles. The number of aryl methyl sites for hydroxylation is 1. The molecule has 0 aromatic heterocycles. The summed E-state index contributed by atoms with van der Waals surface area (Å²) in [5.41, 5.74) is 0.629. The summed E-state index contributed by atoms with van der Waals surface area (Å²) < 4.78 is 38.4. The van der Waals surface area contributed by atoms with Crippen LogP contribution in [0.1, 0.15) is 38.2 Å². The van der Waals surface area contributed by atoms with Gasteiger partial charge in [-0.15, -0.1) is 0 Å². The third-order valence-electron chi connectivity index (χ3n) is 3.60. The zero-order valence-corrected chi connectivity index (χ0v) is 14.1. The molecule has 0 spiro atoms. The van der Waals surface area contributed by atoms with E-state index in [-0.39, 0.29) is 4.90 Å². The summed E-state index contributed by atoms with van der Waals surface area (Å²) in [7, 11) is -4.27. The fourth-order valence-electron chi connectivity index (χ4n) is 2.41. The SMILES string of the molecule is CCCCCCc1ccc(Oc2ccccc2)cc1S(=O)(=O)O. The Morgan fingerprint density at radius 3 is 2.35 bits per heavy atom. The molecule has 2 rings (SSSR count). The van der Waals surface area contributed by atoms with Gasteiger partial charge in [-0.3, -0.25) is 4.55 Å². The first kappa shape index (κ1) is 17.5. The Morgan fingerprint density at radius 2 is 1.70 bits per heavy atom. The number of rotatable bonds is 8. The van der Waals surface area contributed by atoms with Crippen molar-refractivity contribution in [1.82, 2.24) is 0 Å². The van der Waals surface area contributed by atoms with E-state index >= 15 is 0 Å². The number of ether oxygens (including phenoxy) is 1. The van der Waals surface area contributed by atoms with Crippen LogP contribution in [0.5, 0.6) is 11.5 Å². The van der Waals surface area contributed by atoms with Crippen molar-refractivity contribution in [3.63, 3.8) is 0 Å². The van der Waals surface area contributed by atoms with Crippen molar-refractivity contribution in [3.05, 3.63) is 54.1 Å². The number of para-hydroxylation sites is 1. The molecule has 0 saturated carbocycles. The van der Waals surface area contributed by atoms with Gasteiger partial charge < -0.3 is 4.74 Å². The van der Waals surface area contributed by atoms with Gasteiger partial charge in [0.05, 0.1) is 0 Å². The normalized spacial score (nSPS) is 11.4. The van der Waals surface area contributed by atoms with Gasteiger partial charge in [0.2, 0.25) is 0 Å². The average molecular weight is 334 g/mol. The highest BCUT2D eigenvalue weighted by atomic mass is 32.2. The number of hydrogen-bond donors (Lipinski definition) is 1. The van der Waals surface area contributed by atoms with Crippen LogP contribution in [0.4, 0.5) is 0 Å². The van der Waals surface area contributed by atoms with Crippen LogP contribution in [-0.2, 0) is 16.5 Å². The molecule has 2 aromatic rings. The van der Waals surface area contributed by atoms with Crippen LogP contribution in [0.2, 0.25) is 0 Å². The predicted octanol–water partition coefficient (Wildman–Crippen LogP) is 4.85. The molecule has 0 unspecified atom stereocenters. The van der Waals surface area contributed by atoms with E-state index in [1.165, 1.54) is 6.07 Å². The Morgan fingerprint density at radius 1 is 0.957 bits per heavy atom. The summed E-state index contributed by atoms with van der Waals surface area (Å²) in [4.78, 5) is -0.0672. The van der Waals surface area contributed by atoms with E-state index in [9.17, 15) is 13.0 Å². The van der Waals surface area contributed by atoms with Crippen LogP contribution in [0.15, 0.2) is 53.4 Å². The van der Waals surface area contributed by atoms with E-state index in [0.717, 1.165) is 25.7 Å². The van der Waals surface area contributed by atoms with Gasteiger partial charge >= 0.3 is 0 Å². The van der Waals surface area contributed by atoms with Gasteiger partial charge in [0.25, 0.3) is 10.1 Å². The molecule has 1 N–H and O–H groups in total. The predicted molar refractivity (Wildman–Crippen MR) is 90.6 cm³/mol. The van der Waals surface area contributed by atoms with Crippen molar-refractivity contribution in [2.75, 3.05) is 0 Å². The molecule has 0 aliphatic carbocycles. The maximum absolute atomic E-state index is 11.6. The second-order valence-corrected chi connectivity index (χ2v) is 6.86. The molecule has 0 fully saturated rings. The Kier molecular flexibility index (Phi) is 6.19. The van der Waals surface area contributed by atoms with Crippen molar-refractivity contribution in [2.24, 2.45) is 0 Å². The highest BCUT2D eigenvalue weighted by molar-refractivity contribution is 7.85. The lowest BCUT2D eigenvalue weighted by Crippen LogP contribution is -2.04. The first-order valence-corrected chi connectivity index (χ1v) is 9.28. The van der Waals surface area contributed by atoms with E-state index in [1.54, 1.807) is 24.3 Å². The van der Waals surface area contributed by atoms with Gasteiger partial charge in [-0.25, -0.2) is 0 Å². The van der Waals surface area contributed by atoms with Gasteiger partial charge in [0, 0.05) is 6.07 Å². The standard InChI is InChI=1S/C18H22O4S/c1-2-3-4-6-9-15-12-13-17(14-18(15)23(19,20)21)22-16-10-7-5-8-11-16/h5,7-8,10-14H,2-4,6,9H2,1H3,(H,19,20,21). The van der Waals surface area contributed by atoms with Crippen LogP contribution < -0.4 is 4.74 Å². The molecular weight excluding hydrogens is 312 g/mol. The number of unbranched alkanes of at least 4 members (excludes halogenated alkanes) is 3. The average Bonchev–Trinajstić information content (AvgIpc) is 2.52. The van der Waals surface area contributed by atoms with Crippen molar-refractivity contribution < 1.29 is 17.7 Å². The van der Waals surface area contributed by atoms with Crippen molar-refractivity contribution in [1.29, 1.82) is 0 Å². The smallest absolute Gasteiger partial charge is 0.294 e. The number of hydrogen-bond acceptors (Lipinski definition) is 3. The monoisotopic (exact) mass is 334 g/mol. The third-order valence-corrected chi connectivity index (χ3v) is 4.53. The minimum absolute atomic E-state index is 0.0672. The summed E-state index contributed by atoms with van der Waals surface area (Å²) in [6.45, 7) is 2.12. The number of benzene rings is 2. The van der Waals surface area contributed by atoms with Crippen molar-refractivity contribution in [2.45, 2.75) is 43.9 Å². The summed E-state index contributed by atoms with van der Waals surface area (Å²) in [6.07, 6.45) is 4.81. The first-order chi connectivity index (χ1) is 11.0. The Hall–Kier alpha value is -1.85. The third kappa shape index (κ3) is 5.37. The largest absolute Gasteiger partial charge is 0.457 e. The van der Waals surface area contributed by atoms with E-state index in [1.807, 2.05) is 18.2 Å². The fraction of sp³-hybridized carbons (Fsp3) is 0.333. The summed E-state index contributed by atoms with van der Waals surface area (Å²) in [5.74, 6) is 1.01. The summed E-state index contributed by atoms with van der Waals surface area (Å²) in [5, 5.41) is 0. The minimum Gasteiger partial charge on any atom is -0.457 e. The van der Waals surface area contributed by atoms with Crippen LogP contribution in [-0.4, -0.2) is 13.0 Å². The van der Waals surface area contributed by atoms with Crippen molar-refractivity contribution >= 4 is 10.1 Å². The van der Waals surface area contributed by atoms with Gasteiger partial charge in [-0.05, 0) is 36.6 Å². The molecule has 0 heterocycles. The second-order valence-electron chi connectivity index (χ2n) is 5.47. The molecule has 0 atom stereocenters. The molecule has 0 saturated heterocycles. The quantitative estimate of drug-likeness (QED) is 0.554. The molecule has 0 amide bonds. The topological polar surface area (TPSA) is 63.6 Å². The van der Waals surface area contributed by atoms with Gasteiger partial charge in [0.1, 0.15) is 16.4 Å². The molecule has 5 heteroatoms. The van der Waals surface area contributed by atoms with Gasteiger partial charge in [-0.2, -0.15) is 8.42 Å². The maximum Gasteiger partial charge on any atom is 0.294 e. The van der Waals surface area contributed by atoms with E-state index < -0.39 is 10.1 Å². The molecule has 2 aromatic carbocycles. The Labute approximate surface area is 137 Å². The van der Waals surface area contributed by atoms with E-state index in [2.05, 4.69) is 6.92 Å². The maximum atomic E-state index is 11.6. The zero-order chi connectivity index (χ0) is 16.7. The molecule has 0 radical (unpaired) electrons. The Bertz CT molecular complexity index is 724. The van der Waals surface area contributed by atoms with Crippen LogP contribution >= 0.6 is 0 Å². The lowest BCUT2D eigenvalue weighted by atomic mass is 10.1. The highest BCUT2D eigenvalue weighted by Gasteiger charge is 2.16. The molecule has 124 valence electrons. The van der Waals surface area contributed by atoms with Crippen LogP contribution in [0, 0.1) is 0 Å². The zero-order valence-electron chi connectivity index (χ0n) is 13.2.